The van der Waals surface area contributed by atoms with E-state index in [4.69, 9.17) is 9.47 Å². The Labute approximate surface area is 136 Å². The lowest BCUT2D eigenvalue weighted by Gasteiger charge is -2.05. The van der Waals surface area contributed by atoms with Gasteiger partial charge < -0.3 is 9.47 Å². The SMILES string of the molecule is O=C(COCc1ccccc1)CC(=O)COCc1ccccc1. The van der Waals surface area contributed by atoms with Crippen LogP contribution >= 0.6 is 0 Å². The van der Waals surface area contributed by atoms with Gasteiger partial charge in [0.2, 0.25) is 0 Å². The molecule has 0 heterocycles. The highest BCUT2D eigenvalue weighted by Gasteiger charge is 2.10. The molecule has 0 N–H and O–H groups in total. The summed E-state index contributed by atoms with van der Waals surface area (Å²) in [5.41, 5.74) is 2.00. The molecule has 0 bridgehead atoms. The molecule has 4 heteroatoms. The standard InChI is InChI=1S/C19H20O4/c20-18(14-22-12-16-7-3-1-4-8-16)11-19(21)15-23-13-17-9-5-2-6-10-17/h1-10H,11-15H2. The minimum absolute atomic E-state index is 0.0562. The Morgan fingerprint density at radius 3 is 1.43 bits per heavy atom. The number of benzene rings is 2. The van der Waals surface area contributed by atoms with Crippen molar-refractivity contribution in [3.8, 4) is 0 Å². The predicted molar refractivity (Wildman–Crippen MR) is 86.8 cm³/mol. The van der Waals surface area contributed by atoms with Crippen LogP contribution in [-0.2, 0) is 32.3 Å². The van der Waals surface area contributed by atoms with E-state index in [9.17, 15) is 9.59 Å². The summed E-state index contributed by atoms with van der Waals surface area (Å²) in [4.78, 5) is 23.4. The third-order valence-corrected chi connectivity index (χ3v) is 3.14. The highest BCUT2D eigenvalue weighted by molar-refractivity contribution is 6.00. The number of hydrogen-bond donors (Lipinski definition) is 0. The lowest BCUT2D eigenvalue weighted by atomic mass is 10.2. The number of ether oxygens (including phenoxy) is 2. The first kappa shape index (κ1) is 17.1. The molecule has 0 spiro atoms. The number of Topliss-reactive ketones (excluding diaryl/α,β-unsaturated/α-hetero) is 2. The Bertz CT molecular complexity index is 552. The van der Waals surface area contributed by atoms with Crippen LogP contribution < -0.4 is 0 Å². The quantitative estimate of drug-likeness (QED) is 0.633. The first-order valence-electron chi connectivity index (χ1n) is 7.51. The van der Waals surface area contributed by atoms with Gasteiger partial charge in [0.05, 0.1) is 19.6 Å². The average Bonchev–Trinajstić information content (AvgIpc) is 2.57. The third kappa shape index (κ3) is 7.00. The molecule has 0 aliphatic heterocycles. The monoisotopic (exact) mass is 312 g/mol. The van der Waals surface area contributed by atoms with Gasteiger partial charge in [-0.2, -0.15) is 0 Å². The molecule has 120 valence electrons. The van der Waals surface area contributed by atoms with Crippen molar-refractivity contribution in [2.75, 3.05) is 13.2 Å². The van der Waals surface area contributed by atoms with Crippen molar-refractivity contribution in [2.24, 2.45) is 0 Å². The fourth-order valence-electron chi connectivity index (χ4n) is 2.04. The second-order valence-corrected chi connectivity index (χ2v) is 5.21. The first-order chi connectivity index (χ1) is 11.2. The van der Waals surface area contributed by atoms with Crippen molar-refractivity contribution in [1.29, 1.82) is 0 Å². The zero-order valence-electron chi connectivity index (χ0n) is 12.9. The van der Waals surface area contributed by atoms with E-state index in [1.807, 2.05) is 60.7 Å². The maximum Gasteiger partial charge on any atom is 0.165 e. The van der Waals surface area contributed by atoms with Crippen molar-refractivity contribution >= 4 is 11.6 Å². The summed E-state index contributed by atoms with van der Waals surface area (Å²) in [6.07, 6.45) is -0.149. The van der Waals surface area contributed by atoms with Crippen LogP contribution in [0.2, 0.25) is 0 Å². The lowest BCUT2D eigenvalue weighted by molar-refractivity contribution is -0.132. The van der Waals surface area contributed by atoms with E-state index in [2.05, 4.69) is 0 Å². The fraction of sp³-hybridized carbons (Fsp3) is 0.263. The number of carbonyl (C=O) groups excluding carboxylic acids is 2. The molecule has 2 aromatic rings. The molecule has 0 atom stereocenters. The van der Waals surface area contributed by atoms with E-state index >= 15 is 0 Å². The summed E-state index contributed by atoms with van der Waals surface area (Å²) >= 11 is 0. The molecule has 0 aliphatic carbocycles. The Kier molecular flexibility index (Phi) is 7.17. The Morgan fingerprint density at radius 2 is 1.04 bits per heavy atom. The summed E-state index contributed by atoms with van der Waals surface area (Å²) in [6, 6.07) is 19.2. The molecule has 2 aromatic carbocycles. The van der Waals surface area contributed by atoms with Crippen LogP contribution in [0.4, 0.5) is 0 Å². The molecular weight excluding hydrogens is 292 g/mol. The predicted octanol–water partition coefficient (Wildman–Crippen LogP) is 2.95. The van der Waals surface area contributed by atoms with Gasteiger partial charge in [-0.3, -0.25) is 9.59 Å². The van der Waals surface area contributed by atoms with Crippen LogP contribution in [0.5, 0.6) is 0 Å². The molecule has 0 aliphatic rings. The zero-order valence-corrected chi connectivity index (χ0v) is 12.9. The van der Waals surface area contributed by atoms with Crippen molar-refractivity contribution < 1.29 is 19.1 Å². The average molecular weight is 312 g/mol. The van der Waals surface area contributed by atoms with Gasteiger partial charge in [0, 0.05) is 0 Å². The van der Waals surface area contributed by atoms with Crippen LogP contribution in [0.1, 0.15) is 17.5 Å². The molecule has 0 radical (unpaired) electrons. The summed E-state index contributed by atoms with van der Waals surface area (Å²) in [5.74, 6) is -0.455. The number of hydrogen-bond acceptors (Lipinski definition) is 4. The Balaban J connectivity index is 1.58. The van der Waals surface area contributed by atoms with E-state index in [0.29, 0.717) is 13.2 Å². The van der Waals surface area contributed by atoms with Gasteiger partial charge in [0.15, 0.2) is 11.6 Å². The van der Waals surface area contributed by atoms with Crippen molar-refractivity contribution in [3.05, 3.63) is 71.8 Å². The van der Waals surface area contributed by atoms with Crippen molar-refractivity contribution in [1.82, 2.24) is 0 Å². The molecule has 0 aromatic heterocycles. The second-order valence-electron chi connectivity index (χ2n) is 5.21. The minimum Gasteiger partial charge on any atom is -0.369 e. The highest BCUT2D eigenvalue weighted by Crippen LogP contribution is 2.02. The topological polar surface area (TPSA) is 52.6 Å². The van der Waals surface area contributed by atoms with E-state index in [1.54, 1.807) is 0 Å². The van der Waals surface area contributed by atoms with Crippen LogP contribution in [0, 0.1) is 0 Å². The van der Waals surface area contributed by atoms with Gasteiger partial charge >= 0.3 is 0 Å². The molecule has 0 saturated heterocycles. The fourth-order valence-corrected chi connectivity index (χ4v) is 2.04. The molecule has 23 heavy (non-hydrogen) atoms. The number of carbonyl (C=O) groups is 2. The minimum atomic E-state index is -0.228. The molecule has 0 fully saturated rings. The number of rotatable bonds is 10. The van der Waals surface area contributed by atoms with Gasteiger partial charge in [-0.05, 0) is 11.1 Å². The molecule has 0 unspecified atom stereocenters. The largest absolute Gasteiger partial charge is 0.369 e. The van der Waals surface area contributed by atoms with Crippen molar-refractivity contribution in [2.45, 2.75) is 19.6 Å². The van der Waals surface area contributed by atoms with Gasteiger partial charge in [-0.25, -0.2) is 0 Å². The smallest absolute Gasteiger partial charge is 0.165 e. The van der Waals surface area contributed by atoms with E-state index < -0.39 is 0 Å². The summed E-state index contributed by atoms with van der Waals surface area (Å²) in [6.45, 7) is 0.620. The number of ketones is 2. The molecular formula is C19H20O4. The molecule has 2 rings (SSSR count). The van der Waals surface area contributed by atoms with E-state index in [-0.39, 0.29) is 31.2 Å². The zero-order chi connectivity index (χ0) is 16.3. The Hall–Kier alpha value is -2.30. The van der Waals surface area contributed by atoms with Crippen LogP contribution in [0.25, 0.3) is 0 Å². The van der Waals surface area contributed by atoms with Gasteiger partial charge in [-0.15, -0.1) is 0 Å². The molecule has 4 nitrogen and oxygen atoms in total. The van der Waals surface area contributed by atoms with Gasteiger partial charge in [0.1, 0.15) is 13.2 Å². The maximum atomic E-state index is 11.7. The normalized spacial score (nSPS) is 10.4. The highest BCUT2D eigenvalue weighted by atomic mass is 16.5. The van der Waals surface area contributed by atoms with Crippen LogP contribution in [0.15, 0.2) is 60.7 Å². The van der Waals surface area contributed by atoms with Crippen LogP contribution in [0.3, 0.4) is 0 Å². The van der Waals surface area contributed by atoms with Gasteiger partial charge in [-0.1, -0.05) is 60.7 Å². The second kappa shape index (κ2) is 9.66. The maximum absolute atomic E-state index is 11.7. The molecule has 0 saturated carbocycles. The summed E-state index contributed by atoms with van der Waals surface area (Å²) < 4.78 is 10.6. The van der Waals surface area contributed by atoms with Crippen molar-refractivity contribution in [3.63, 3.8) is 0 Å². The van der Waals surface area contributed by atoms with Gasteiger partial charge in [0.25, 0.3) is 0 Å². The van der Waals surface area contributed by atoms with Crippen LogP contribution in [-0.4, -0.2) is 24.8 Å². The molecule has 0 amide bonds. The summed E-state index contributed by atoms with van der Waals surface area (Å²) in [7, 11) is 0. The third-order valence-electron chi connectivity index (χ3n) is 3.14. The Morgan fingerprint density at radius 1 is 0.652 bits per heavy atom. The first-order valence-corrected chi connectivity index (χ1v) is 7.51. The lowest BCUT2D eigenvalue weighted by Crippen LogP contribution is -2.17. The van der Waals surface area contributed by atoms with E-state index in [0.717, 1.165) is 11.1 Å². The summed E-state index contributed by atoms with van der Waals surface area (Å²) in [5, 5.41) is 0. The van der Waals surface area contributed by atoms with E-state index in [1.165, 1.54) is 0 Å².